The van der Waals surface area contributed by atoms with Gasteiger partial charge in [0.25, 0.3) is 10.0 Å². The highest BCUT2D eigenvalue weighted by atomic mass is 35.5. The van der Waals surface area contributed by atoms with Gasteiger partial charge < -0.3 is 15.0 Å². The molecule has 0 aliphatic heterocycles. The first-order valence-corrected chi connectivity index (χ1v) is 17.4. The van der Waals surface area contributed by atoms with Crippen molar-refractivity contribution in [3.8, 4) is 5.75 Å². The monoisotopic (exact) mass is 695 g/mol. The van der Waals surface area contributed by atoms with Crippen molar-refractivity contribution in [2.24, 2.45) is 0 Å². The van der Waals surface area contributed by atoms with Crippen LogP contribution in [-0.4, -0.2) is 50.9 Å². The molecule has 4 rings (SSSR count). The number of carbonyl (C=O) groups excluding carboxylic acids is 2. The molecular formula is C36H39Cl2N3O5S. The minimum atomic E-state index is -4.26. The summed E-state index contributed by atoms with van der Waals surface area (Å²) in [5.74, 6) is -0.501. The summed E-state index contributed by atoms with van der Waals surface area (Å²) in [5.41, 5.74) is 2.47. The highest BCUT2D eigenvalue weighted by Gasteiger charge is 2.35. The zero-order valence-corrected chi connectivity index (χ0v) is 29.1. The Morgan fingerprint density at radius 3 is 2.06 bits per heavy atom. The number of ether oxygens (including phenoxy) is 1. The van der Waals surface area contributed by atoms with Crippen LogP contribution in [0.15, 0.2) is 102 Å². The molecule has 0 aromatic heterocycles. The highest BCUT2D eigenvalue weighted by molar-refractivity contribution is 7.92. The molecule has 47 heavy (non-hydrogen) atoms. The first-order chi connectivity index (χ1) is 22.4. The molecule has 0 aliphatic carbocycles. The van der Waals surface area contributed by atoms with Crippen molar-refractivity contribution in [1.29, 1.82) is 0 Å². The van der Waals surface area contributed by atoms with E-state index in [1.54, 1.807) is 54.6 Å². The Morgan fingerprint density at radius 1 is 0.872 bits per heavy atom. The molecule has 4 aromatic rings. The predicted molar refractivity (Wildman–Crippen MR) is 188 cm³/mol. The lowest BCUT2D eigenvalue weighted by Crippen LogP contribution is -2.54. The van der Waals surface area contributed by atoms with E-state index in [-0.39, 0.29) is 29.8 Å². The summed E-state index contributed by atoms with van der Waals surface area (Å²) in [6.07, 6.45) is 0.849. The third-order valence-electron chi connectivity index (χ3n) is 7.91. The third-order valence-corrected chi connectivity index (χ3v) is 10.4. The average Bonchev–Trinajstić information content (AvgIpc) is 3.07. The van der Waals surface area contributed by atoms with E-state index in [0.717, 1.165) is 15.4 Å². The second kappa shape index (κ2) is 16.2. The number of amides is 2. The fraction of sp³-hybridized carbons (Fsp3) is 0.278. The first-order valence-electron chi connectivity index (χ1n) is 15.2. The molecule has 0 radical (unpaired) electrons. The number of methoxy groups -OCH3 is 1. The molecule has 0 saturated heterocycles. The number of nitrogens with one attached hydrogen (secondary N) is 1. The van der Waals surface area contributed by atoms with Gasteiger partial charge in [-0.25, -0.2) is 8.42 Å². The number of benzene rings is 4. The van der Waals surface area contributed by atoms with E-state index in [4.69, 9.17) is 27.9 Å². The molecule has 4 aromatic carbocycles. The standard InChI is InChI=1S/C36H39Cl2N3O5S/c1-5-26(3)39-36(43)34(22-27-10-7-6-8-11-27)40(23-31-32(37)12-9-13-33(31)38)35(42)24-41(28-16-14-25(2)15-17-28)47(44,45)30-20-18-29(46-4)19-21-30/h6-21,26,34H,5,22-24H2,1-4H3,(H,39,43)/t26-,34+/m0/s1. The lowest BCUT2D eigenvalue weighted by atomic mass is 10.0. The van der Waals surface area contributed by atoms with Crippen molar-refractivity contribution in [2.45, 2.75) is 57.1 Å². The van der Waals surface area contributed by atoms with E-state index in [1.165, 1.54) is 24.1 Å². The van der Waals surface area contributed by atoms with E-state index < -0.39 is 28.5 Å². The zero-order valence-electron chi connectivity index (χ0n) is 26.8. The van der Waals surface area contributed by atoms with Crippen LogP contribution in [-0.2, 0) is 32.6 Å². The van der Waals surface area contributed by atoms with Gasteiger partial charge in [0.1, 0.15) is 18.3 Å². The van der Waals surface area contributed by atoms with Crippen LogP contribution >= 0.6 is 23.2 Å². The van der Waals surface area contributed by atoms with Crippen molar-refractivity contribution >= 4 is 50.7 Å². The summed E-state index contributed by atoms with van der Waals surface area (Å²) in [5, 5.41) is 3.65. The quantitative estimate of drug-likeness (QED) is 0.152. The van der Waals surface area contributed by atoms with Crippen molar-refractivity contribution in [1.82, 2.24) is 10.2 Å². The first kappa shape index (κ1) is 35.8. The molecule has 0 heterocycles. The predicted octanol–water partition coefficient (Wildman–Crippen LogP) is 7.06. The highest BCUT2D eigenvalue weighted by Crippen LogP contribution is 2.29. The maximum Gasteiger partial charge on any atom is 0.264 e. The van der Waals surface area contributed by atoms with Gasteiger partial charge in [-0.3, -0.25) is 13.9 Å². The van der Waals surface area contributed by atoms with Crippen LogP contribution in [0.2, 0.25) is 10.0 Å². The number of carbonyl (C=O) groups is 2. The Hall–Kier alpha value is -4.05. The normalized spacial score (nSPS) is 12.6. The van der Waals surface area contributed by atoms with Gasteiger partial charge in [0, 0.05) is 34.6 Å². The van der Waals surface area contributed by atoms with Crippen molar-refractivity contribution < 1.29 is 22.7 Å². The summed E-state index contributed by atoms with van der Waals surface area (Å²) in [7, 11) is -2.77. The molecule has 0 spiro atoms. The van der Waals surface area contributed by atoms with Crippen LogP contribution in [0.25, 0.3) is 0 Å². The Bertz CT molecular complexity index is 1750. The minimum Gasteiger partial charge on any atom is -0.497 e. The van der Waals surface area contributed by atoms with Crippen LogP contribution in [0.3, 0.4) is 0 Å². The van der Waals surface area contributed by atoms with Crippen LogP contribution in [0, 0.1) is 6.92 Å². The second-order valence-electron chi connectivity index (χ2n) is 11.3. The molecule has 248 valence electrons. The maximum atomic E-state index is 14.6. The largest absolute Gasteiger partial charge is 0.497 e. The fourth-order valence-electron chi connectivity index (χ4n) is 4.96. The molecule has 0 fully saturated rings. The maximum absolute atomic E-state index is 14.6. The van der Waals surface area contributed by atoms with Gasteiger partial charge >= 0.3 is 0 Å². The van der Waals surface area contributed by atoms with Crippen LogP contribution in [0.4, 0.5) is 5.69 Å². The van der Waals surface area contributed by atoms with E-state index in [2.05, 4.69) is 5.32 Å². The number of aryl methyl sites for hydroxylation is 1. The molecule has 11 heteroatoms. The van der Waals surface area contributed by atoms with Gasteiger partial charge in [-0.1, -0.05) is 84.2 Å². The van der Waals surface area contributed by atoms with Gasteiger partial charge in [0.05, 0.1) is 17.7 Å². The Kier molecular flexibility index (Phi) is 12.3. The number of halogens is 2. The van der Waals surface area contributed by atoms with Gasteiger partial charge in [-0.2, -0.15) is 0 Å². The lowest BCUT2D eigenvalue weighted by Gasteiger charge is -2.34. The van der Waals surface area contributed by atoms with E-state index in [9.17, 15) is 18.0 Å². The van der Waals surface area contributed by atoms with Crippen molar-refractivity contribution in [3.05, 3.63) is 124 Å². The minimum absolute atomic E-state index is 0.0253. The molecule has 2 amide bonds. The average molecular weight is 697 g/mol. The van der Waals surface area contributed by atoms with Crippen LogP contribution in [0.1, 0.15) is 37.0 Å². The van der Waals surface area contributed by atoms with Crippen molar-refractivity contribution in [2.75, 3.05) is 18.0 Å². The fourth-order valence-corrected chi connectivity index (χ4v) is 6.89. The van der Waals surface area contributed by atoms with Crippen LogP contribution < -0.4 is 14.4 Å². The van der Waals surface area contributed by atoms with Gasteiger partial charge in [-0.05, 0) is 74.4 Å². The summed E-state index contributed by atoms with van der Waals surface area (Å²) in [6, 6.07) is 25.9. The van der Waals surface area contributed by atoms with E-state index in [0.29, 0.717) is 33.5 Å². The number of nitrogens with zero attached hydrogens (tertiary/aromatic N) is 2. The molecule has 0 aliphatic rings. The van der Waals surface area contributed by atoms with Crippen LogP contribution in [0.5, 0.6) is 5.75 Å². The number of hydrogen-bond donors (Lipinski definition) is 1. The Morgan fingerprint density at radius 2 is 1.49 bits per heavy atom. The molecular weight excluding hydrogens is 657 g/mol. The Labute approximate surface area is 287 Å². The van der Waals surface area contributed by atoms with Gasteiger partial charge in [-0.15, -0.1) is 0 Å². The molecule has 1 N–H and O–H groups in total. The zero-order chi connectivity index (χ0) is 34.1. The van der Waals surface area contributed by atoms with Gasteiger partial charge in [0.15, 0.2) is 0 Å². The van der Waals surface area contributed by atoms with Crippen molar-refractivity contribution in [3.63, 3.8) is 0 Å². The summed E-state index contributed by atoms with van der Waals surface area (Å²) >= 11 is 13.2. The smallest absolute Gasteiger partial charge is 0.264 e. The third kappa shape index (κ3) is 9.06. The van der Waals surface area contributed by atoms with E-state index >= 15 is 0 Å². The number of sulfonamides is 1. The molecule has 8 nitrogen and oxygen atoms in total. The molecule has 2 atom stereocenters. The Balaban J connectivity index is 1.84. The lowest BCUT2D eigenvalue weighted by molar-refractivity contribution is -0.140. The molecule has 0 bridgehead atoms. The molecule has 0 saturated carbocycles. The summed E-state index contributed by atoms with van der Waals surface area (Å²) < 4.78 is 34.7. The second-order valence-corrected chi connectivity index (χ2v) is 13.9. The summed E-state index contributed by atoms with van der Waals surface area (Å²) in [6.45, 7) is 4.99. The topological polar surface area (TPSA) is 96.0 Å². The number of anilines is 1. The number of rotatable bonds is 14. The van der Waals surface area contributed by atoms with E-state index in [1.807, 2.05) is 51.1 Å². The van der Waals surface area contributed by atoms with Gasteiger partial charge in [0.2, 0.25) is 11.8 Å². The summed E-state index contributed by atoms with van der Waals surface area (Å²) in [4.78, 5) is 30.0. The molecule has 0 unspecified atom stereocenters. The number of hydrogen-bond acceptors (Lipinski definition) is 5. The SMILES string of the molecule is CC[C@H](C)NC(=O)[C@@H](Cc1ccccc1)N(Cc1c(Cl)cccc1Cl)C(=O)CN(c1ccc(C)cc1)S(=O)(=O)c1ccc(OC)cc1.